The maximum atomic E-state index is 12.8. The highest BCUT2D eigenvalue weighted by atomic mass is 19.1. The number of nitrogens with zero attached hydrogens (tertiary/aromatic N) is 2. The molecule has 94 valence electrons. The summed E-state index contributed by atoms with van der Waals surface area (Å²) in [4.78, 5) is 2.16. The molecule has 1 fully saturated rings. The number of hydrogen-bond acceptors (Lipinski definition) is 3. The van der Waals surface area contributed by atoms with E-state index in [1.54, 1.807) is 12.1 Å². The van der Waals surface area contributed by atoms with Gasteiger partial charge in [-0.25, -0.2) is 4.39 Å². The lowest BCUT2D eigenvalue weighted by molar-refractivity contribution is 0.628. The summed E-state index contributed by atoms with van der Waals surface area (Å²) in [5.74, 6) is 0.672. The van der Waals surface area contributed by atoms with Crippen LogP contribution in [0.4, 0.5) is 10.2 Å². The molecule has 1 aromatic carbocycles. The van der Waals surface area contributed by atoms with Crippen molar-refractivity contribution < 1.29 is 4.39 Å². The van der Waals surface area contributed by atoms with Gasteiger partial charge in [0.05, 0.1) is 5.69 Å². The molecule has 1 aliphatic heterocycles. The second kappa shape index (κ2) is 4.42. The van der Waals surface area contributed by atoms with Gasteiger partial charge in [-0.3, -0.25) is 5.10 Å². The molecule has 18 heavy (non-hydrogen) atoms. The molecule has 1 aromatic heterocycles. The van der Waals surface area contributed by atoms with Crippen LogP contribution in [0.1, 0.15) is 6.42 Å². The average Bonchev–Trinajstić information content (AvgIpc) is 2.98. The van der Waals surface area contributed by atoms with Crippen molar-refractivity contribution in [2.45, 2.75) is 12.5 Å². The molecule has 0 saturated carbocycles. The molecule has 0 spiro atoms. The summed E-state index contributed by atoms with van der Waals surface area (Å²) in [7, 11) is 0. The van der Waals surface area contributed by atoms with Gasteiger partial charge >= 0.3 is 0 Å². The first-order chi connectivity index (χ1) is 8.72. The van der Waals surface area contributed by atoms with Crippen molar-refractivity contribution in [1.29, 1.82) is 0 Å². The summed E-state index contributed by atoms with van der Waals surface area (Å²) in [6, 6.07) is 8.58. The lowest BCUT2D eigenvalue weighted by Crippen LogP contribution is -2.26. The van der Waals surface area contributed by atoms with E-state index in [0.717, 1.165) is 36.6 Å². The van der Waals surface area contributed by atoms with Gasteiger partial charge < -0.3 is 10.6 Å². The quantitative estimate of drug-likeness (QED) is 0.848. The van der Waals surface area contributed by atoms with Gasteiger partial charge in [-0.2, -0.15) is 5.10 Å². The fraction of sp³-hybridized carbons (Fsp3) is 0.308. The Labute approximate surface area is 105 Å². The standard InChI is InChI=1S/C13H15FN4/c14-10-3-1-9(2-4-10)12-7-13(17-16-12)18-6-5-11(15)8-18/h1-4,7,11H,5-6,8,15H2,(H,16,17). The molecular weight excluding hydrogens is 231 g/mol. The highest BCUT2D eigenvalue weighted by Gasteiger charge is 2.21. The number of halogens is 1. The fourth-order valence-electron chi connectivity index (χ4n) is 2.25. The molecule has 0 radical (unpaired) electrons. The monoisotopic (exact) mass is 246 g/mol. The molecule has 1 aliphatic rings. The predicted molar refractivity (Wildman–Crippen MR) is 68.8 cm³/mol. The van der Waals surface area contributed by atoms with Crippen LogP contribution in [0.2, 0.25) is 0 Å². The molecule has 5 heteroatoms. The zero-order valence-corrected chi connectivity index (χ0v) is 9.94. The molecule has 2 heterocycles. The topological polar surface area (TPSA) is 57.9 Å². The van der Waals surface area contributed by atoms with Crippen LogP contribution in [0.3, 0.4) is 0 Å². The van der Waals surface area contributed by atoms with Crippen molar-refractivity contribution in [2.24, 2.45) is 5.73 Å². The Balaban J connectivity index is 1.83. The minimum Gasteiger partial charge on any atom is -0.354 e. The smallest absolute Gasteiger partial charge is 0.151 e. The molecule has 3 rings (SSSR count). The lowest BCUT2D eigenvalue weighted by Gasteiger charge is -2.13. The number of anilines is 1. The van der Waals surface area contributed by atoms with E-state index >= 15 is 0 Å². The Kier molecular flexibility index (Phi) is 2.76. The number of rotatable bonds is 2. The van der Waals surface area contributed by atoms with Gasteiger partial charge in [0, 0.05) is 25.2 Å². The average molecular weight is 246 g/mol. The SMILES string of the molecule is NC1CCN(c2cc(-c3ccc(F)cc3)[nH]n2)C1. The Morgan fingerprint density at radius 3 is 2.78 bits per heavy atom. The maximum absolute atomic E-state index is 12.8. The van der Waals surface area contributed by atoms with Crippen LogP contribution in [-0.2, 0) is 0 Å². The lowest BCUT2D eigenvalue weighted by atomic mass is 10.1. The van der Waals surface area contributed by atoms with Crippen molar-refractivity contribution in [3.05, 3.63) is 36.1 Å². The van der Waals surface area contributed by atoms with Crippen molar-refractivity contribution in [3.8, 4) is 11.3 Å². The Hall–Kier alpha value is -1.88. The minimum atomic E-state index is -0.232. The van der Waals surface area contributed by atoms with Gasteiger partial charge in [-0.05, 0) is 36.2 Å². The second-order valence-electron chi connectivity index (χ2n) is 4.64. The largest absolute Gasteiger partial charge is 0.354 e. The van der Waals surface area contributed by atoms with Crippen LogP contribution < -0.4 is 10.6 Å². The summed E-state index contributed by atoms with van der Waals surface area (Å²) in [5, 5.41) is 7.26. The van der Waals surface area contributed by atoms with Crippen molar-refractivity contribution in [1.82, 2.24) is 10.2 Å². The molecule has 1 unspecified atom stereocenters. The maximum Gasteiger partial charge on any atom is 0.151 e. The van der Waals surface area contributed by atoms with Crippen LogP contribution in [0.25, 0.3) is 11.3 Å². The number of H-pyrrole nitrogens is 1. The zero-order chi connectivity index (χ0) is 12.5. The summed E-state index contributed by atoms with van der Waals surface area (Å²) >= 11 is 0. The number of nitrogens with two attached hydrogens (primary N) is 1. The highest BCUT2D eigenvalue weighted by molar-refractivity contribution is 5.63. The molecule has 1 saturated heterocycles. The first kappa shape index (κ1) is 11.2. The van der Waals surface area contributed by atoms with E-state index in [-0.39, 0.29) is 11.9 Å². The van der Waals surface area contributed by atoms with Gasteiger partial charge in [0.2, 0.25) is 0 Å². The molecule has 4 nitrogen and oxygen atoms in total. The predicted octanol–water partition coefficient (Wildman–Crippen LogP) is 1.75. The summed E-state index contributed by atoms with van der Waals surface area (Å²) in [6.07, 6.45) is 0.999. The Morgan fingerprint density at radius 2 is 2.11 bits per heavy atom. The van der Waals surface area contributed by atoms with E-state index in [2.05, 4.69) is 15.1 Å². The molecular formula is C13H15FN4. The Morgan fingerprint density at radius 1 is 1.33 bits per heavy atom. The van der Waals surface area contributed by atoms with Crippen LogP contribution in [0.15, 0.2) is 30.3 Å². The van der Waals surface area contributed by atoms with Crippen LogP contribution in [-0.4, -0.2) is 29.3 Å². The molecule has 3 N–H and O–H groups in total. The number of aromatic nitrogens is 2. The van der Waals surface area contributed by atoms with Gasteiger partial charge in [-0.1, -0.05) is 0 Å². The number of benzene rings is 1. The normalized spacial score (nSPS) is 19.4. The van der Waals surface area contributed by atoms with Crippen LogP contribution in [0.5, 0.6) is 0 Å². The van der Waals surface area contributed by atoms with Gasteiger partial charge in [0.15, 0.2) is 5.82 Å². The number of hydrogen-bond donors (Lipinski definition) is 2. The van der Waals surface area contributed by atoms with Gasteiger partial charge in [0.25, 0.3) is 0 Å². The third-order valence-corrected chi connectivity index (χ3v) is 3.27. The van der Waals surface area contributed by atoms with Crippen molar-refractivity contribution in [2.75, 3.05) is 18.0 Å². The molecule has 2 aromatic rings. The number of nitrogens with one attached hydrogen (secondary N) is 1. The first-order valence-corrected chi connectivity index (χ1v) is 6.04. The van der Waals surface area contributed by atoms with Crippen molar-refractivity contribution in [3.63, 3.8) is 0 Å². The van der Waals surface area contributed by atoms with Crippen LogP contribution in [0, 0.1) is 5.82 Å². The second-order valence-corrected chi connectivity index (χ2v) is 4.64. The van der Waals surface area contributed by atoms with E-state index in [1.807, 2.05) is 6.07 Å². The zero-order valence-electron chi connectivity index (χ0n) is 9.94. The molecule has 0 amide bonds. The third kappa shape index (κ3) is 2.09. The fourth-order valence-corrected chi connectivity index (χ4v) is 2.25. The molecule has 1 atom stereocenters. The third-order valence-electron chi connectivity index (χ3n) is 3.27. The Bertz CT molecular complexity index is 534. The number of aromatic amines is 1. The summed E-state index contributed by atoms with van der Waals surface area (Å²) in [5.41, 5.74) is 7.70. The van der Waals surface area contributed by atoms with E-state index < -0.39 is 0 Å². The van der Waals surface area contributed by atoms with E-state index in [9.17, 15) is 4.39 Å². The van der Waals surface area contributed by atoms with Gasteiger partial charge in [0.1, 0.15) is 5.82 Å². The van der Waals surface area contributed by atoms with E-state index in [0.29, 0.717) is 0 Å². The van der Waals surface area contributed by atoms with Gasteiger partial charge in [-0.15, -0.1) is 0 Å². The summed E-state index contributed by atoms with van der Waals surface area (Å²) in [6.45, 7) is 1.78. The molecule has 0 bridgehead atoms. The summed E-state index contributed by atoms with van der Waals surface area (Å²) < 4.78 is 12.8. The van der Waals surface area contributed by atoms with Crippen molar-refractivity contribution >= 4 is 5.82 Å². The highest BCUT2D eigenvalue weighted by Crippen LogP contribution is 2.24. The first-order valence-electron chi connectivity index (χ1n) is 6.04. The van der Waals surface area contributed by atoms with E-state index in [1.165, 1.54) is 12.1 Å². The van der Waals surface area contributed by atoms with E-state index in [4.69, 9.17) is 5.73 Å². The molecule has 0 aliphatic carbocycles. The minimum absolute atomic E-state index is 0.232. The van der Waals surface area contributed by atoms with Crippen LogP contribution >= 0.6 is 0 Å².